The number of rotatable bonds is 7. The van der Waals surface area contributed by atoms with E-state index < -0.39 is 15.9 Å². The Hall–Kier alpha value is -3.47. The lowest BCUT2D eigenvalue weighted by Crippen LogP contribution is -2.41. The van der Waals surface area contributed by atoms with Crippen LogP contribution in [0.15, 0.2) is 35.4 Å². The maximum absolute atomic E-state index is 14.0. The van der Waals surface area contributed by atoms with E-state index in [0.29, 0.717) is 50.1 Å². The highest BCUT2D eigenvalue weighted by Crippen LogP contribution is 2.41. The first-order chi connectivity index (χ1) is 21.5. The molecular weight excluding hydrogens is 600 g/mol. The van der Waals surface area contributed by atoms with E-state index in [9.17, 15) is 18.0 Å². The maximum Gasteiger partial charge on any atom is 0.281 e. The van der Waals surface area contributed by atoms with Crippen LogP contribution in [0, 0.1) is 11.8 Å². The molecule has 1 saturated carbocycles. The third-order valence-electron chi connectivity index (χ3n) is 9.63. The Labute approximate surface area is 274 Å². The summed E-state index contributed by atoms with van der Waals surface area (Å²) in [6.45, 7) is 14.5. The Balaban J connectivity index is 1.53. The summed E-state index contributed by atoms with van der Waals surface area (Å²) in [5.41, 5.74) is 7.92. The van der Waals surface area contributed by atoms with Crippen molar-refractivity contribution in [3.05, 3.63) is 47.2 Å². The van der Waals surface area contributed by atoms with E-state index in [0.717, 1.165) is 36.1 Å². The molecule has 2 fully saturated rings. The molecule has 46 heavy (non-hydrogen) atoms. The summed E-state index contributed by atoms with van der Waals surface area (Å²) in [5.74, 6) is 0.786. The van der Waals surface area contributed by atoms with Gasteiger partial charge in [0.15, 0.2) is 5.03 Å². The molecule has 250 valence electrons. The number of nitrogen functional groups attached to an aromatic ring is 1. The van der Waals surface area contributed by atoms with Crippen LogP contribution >= 0.6 is 0 Å². The highest BCUT2D eigenvalue weighted by atomic mass is 32.2. The van der Waals surface area contributed by atoms with Crippen molar-refractivity contribution in [2.75, 3.05) is 30.3 Å². The summed E-state index contributed by atoms with van der Waals surface area (Å²) < 4.78 is 28.8. The van der Waals surface area contributed by atoms with Gasteiger partial charge in [-0.3, -0.25) is 9.59 Å². The van der Waals surface area contributed by atoms with E-state index >= 15 is 0 Å². The molecule has 2 aromatic heterocycles. The molecule has 1 saturated heterocycles. The minimum atomic E-state index is -4.31. The van der Waals surface area contributed by atoms with Crippen molar-refractivity contribution in [2.24, 2.45) is 11.8 Å². The minimum Gasteiger partial charge on any atom is -0.384 e. The summed E-state index contributed by atoms with van der Waals surface area (Å²) in [7, 11) is -4.31. The van der Waals surface area contributed by atoms with E-state index in [1.807, 2.05) is 11.0 Å². The molecule has 1 atom stereocenters. The van der Waals surface area contributed by atoms with Gasteiger partial charge in [0.25, 0.3) is 15.9 Å². The van der Waals surface area contributed by atoms with E-state index in [1.54, 1.807) is 0 Å². The predicted molar refractivity (Wildman–Crippen MR) is 182 cm³/mol. The van der Waals surface area contributed by atoms with Crippen LogP contribution in [0.1, 0.15) is 115 Å². The Morgan fingerprint density at radius 1 is 1.11 bits per heavy atom. The monoisotopic (exact) mass is 650 g/mol. The molecule has 0 radical (unpaired) electrons. The number of nitrogens with one attached hydrogen (secondary N) is 1. The van der Waals surface area contributed by atoms with E-state index in [4.69, 9.17) is 10.7 Å². The fourth-order valence-electron chi connectivity index (χ4n) is 7.37. The van der Waals surface area contributed by atoms with Gasteiger partial charge in [0.2, 0.25) is 5.91 Å². The molecule has 0 bridgehead atoms. The molecule has 3 N–H and O–H groups in total. The number of sulfonamides is 1. The standard InChI is InChI=1S/C35H50N6O4S/c1-23-21-35(5,6)41(22-23)32-27(33(43)39-46(44,45)29-14-10-13-28(36)37-29)20-26(31(38-32)34(2,3)4)25-15-17-40(18-16-25)30(42)19-24-11-8-7-9-12-24/h10,13-15,20,23-24H,7-9,11-12,16-19,21-22H2,1-6H3,(H2,36,37)(H,39,43)/t23-/m0/s1. The Kier molecular flexibility index (Phi) is 9.55. The summed E-state index contributed by atoms with van der Waals surface area (Å²) in [4.78, 5) is 40.4. The van der Waals surface area contributed by atoms with Crippen molar-refractivity contribution >= 4 is 39.0 Å². The fraction of sp³-hybridized carbons (Fsp3) is 0.600. The van der Waals surface area contributed by atoms with Gasteiger partial charge in [-0.25, -0.2) is 14.7 Å². The largest absolute Gasteiger partial charge is 0.384 e. The highest BCUT2D eigenvalue weighted by molar-refractivity contribution is 7.90. The van der Waals surface area contributed by atoms with Crippen molar-refractivity contribution < 1.29 is 18.0 Å². The van der Waals surface area contributed by atoms with Gasteiger partial charge in [-0.2, -0.15) is 8.42 Å². The normalized spacial score (nSPS) is 20.8. The van der Waals surface area contributed by atoms with Gasteiger partial charge < -0.3 is 15.5 Å². The lowest BCUT2D eigenvalue weighted by atomic mass is 9.83. The second-order valence-electron chi connectivity index (χ2n) is 15.1. The van der Waals surface area contributed by atoms with Gasteiger partial charge in [-0.15, -0.1) is 0 Å². The van der Waals surface area contributed by atoms with Gasteiger partial charge in [-0.1, -0.05) is 59.1 Å². The fourth-order valence-corrected chi connectivity index (χ4v) is 8.31. The van der Waals surface area contributed by atoms with Crippen LogP contribution in [-0.2, 0) is 20.2 Å². The summed E-state index contributed by atoms with van der Waals surface area (Å²) in [6, 6.07) is 6.08. The molecule has 5 rings (SSSR count). The Morgan fingerprint density at radius 2 is 1.83 bits per heavy atom. The van der Waals surface area contributed by atoms with Gasteiger partial charge in [0.1, 0.15) is 11.6 Å². The van der Waals surface area contributed by atoms with Crippen molar-refractivity contribution in [3.63, 3.8) is 0 Å². The van der Waals surface area contributed by atoms with Crippen LogP contribution in [0.4, 0.5) is 11.6 Å². The van der Waals surface area contributed by atoms with Crippen molar-refractivity contribution in [2.45, 2.75) is 109 Å². The number of nitrogens with zero attached hydrogens (tertiary/aromatic N) is 4. The average Bonchev–Trinajstić information content (AvgIpc) is 3.27. The molecule has 3 aliphatic rings. The first-order valence-electron chi connectivity index (χ1n) is 16.6. The predicted octanol–water partition coefficient (Wildman–Crippen LogP) is 5.69. The van der Waals surface area contributed by atoms with Crippen LogP contribution < -0.4 is 15.4 Å². The van der Waals surface area contributed by atoms with E-state index in [-0.39, 0.29) is 33.3 Å². The lowest BCUT2D eigenvalue weighted by Gasteiger charge is -2.36. The van der Waals surface area contributed by atoms with Gasteiger partial charge >= 0.3 is 0 Å². The lowest BCUT2D eigenvalue weighted by molar-refractivity contribution is -0.132. The number of aromatic nitrogens is 2. The zero-order chi connectivity index (χ0) is 33.4. The molecule has 2 aromatic rings. The van der Waals surface area contributed by atoms with Crippen LogP contribution in [0.25, 0.3) is 5.57 Å². The molecule has 0 aromatic carbocycles. The smallest absolute Gasteiger partial charge is 0.281 e. The zero-order valence-corrected chi connectivity index (χ0v) is 29.0. The van der Waals surface area contributed by atoms with Gasteiger partial charge in [0, 0.05) is 42.6 Å². The number of hydrogen-bond donors (Lipinski definition) is 2. The van der Waals surface area contributed by atoms with Crippen molar-refractivity contribution in [3.8, 4) is 0 Å². The summed E-state index contributed by atoms with van der Waals surface area (Å²) >= 11 is 0. The van der Waals surface area contributed by atoms with Crippen molar-refractivity contribution in [1.82, 2.24) is 19.6 Å². The summed E-state index contributed by atoms with van der Waals surface area (Å²) in [6.07, 6.45) is 10.2. The minimum absolute atomic E-state index is 0.0396. The first kappa shape index (κ1) is 33.9. The number of hydrogen-bond acceptors (Lipinski definition) is 8. The van der Waals surface area contributed by atoms with E-state index in [1.165, 1.54) is 37.5 Å². The van der Waals surface area contributed by atoms with Crippen molar-refractivity contribution in [1.29, 1.82) is 0 Å². The highest BCUT2D eigenvalue weighted by Gasteiger charge is 2.40. The maximum atomic E-state index is 14.0. The first-order valence-corrected chi connectivity index (χ1v) is 18.1. The molecule has 10 nitrogen and oxygen atoms in total. The molecule has 0 unspecified atom stereocenters. The second kappa shape index (κ2) is 13.0. The molecule has 11 heteroatoms. The third-order valence-corrected chi connectivity index (χ3v) is 10.9. The second-order valence-corrected chi connectivity index (χ2v) is 16.7. The molecule has 1 aliphatic carbocycles. The van der Waals surface area contributed by atoms with Crippen LogP contribution in [-0.4, -0.2) is 60.3 Å². The Bertz CT molecular complexity index is 1620. The SMILES string of the molecule is C[C@@H]1CN(c2nc(C(C)(C)C)c(C3=CCN(C(=O)CC4CCCCC4)CC3)cc2C(=O)NS(=O)(=O)c2cccc(N)n2)C(C)(C)C1. The van der Waals surface area contributed by atoms with Crippen LogP contribution in [0.5, 0.6) is 0 Å². The number of carbonyl (C=O) groups is 2. The summed E-state index contributed by atoms with van der Waals surface area (Å²) in [5, 5.41) is -0.329. The molecule has 2 aliphatic heterocycles. The molecule has 2 amide bonds. The molecular formula is C35H50N6O4S. The topological polar surface area (TPSA) is 139 Å². The van der Waals surface area contributed by atoms with E-state index in [2.05, 4.69) is 62.2 Å². The quantitative estimate of drug-likeness (QED) is 0.390. The van der Waals surface area contributed by atoms with Crippen LogP contribution in [0.3, 0.4) is 0 Å². The number of anilines is 2. The zero-order valence-electron chi connectivity index (χ0n) is 28.2. The molecule has 4 heterocycles. The number of pyridine rings is 2. The van der Waals surface area contributed by atoms with Gasteiger partial charge in [-0.05, 0) is 75.1 Å². The average molecular weight is 651 g/mol. The number of nitrogens with two attached hydrogens (primary N) is 1. The van der Waals surface area contributed by atoms with Gasteiger partial charge in [0.05, 0.1) is 11.3 Å². The number of amides is 2. The Morgan fingerprint density at radius 3 is 2.41 bits per heavy atom. The molecule has 0 spiro atoms. The third kappa shape index (κ3) is 7.40. The number of carbonyl (C=O) groups excluding carboxylic acids is 2. The van der Waals surface area contributed by atoms with Crippen LogP contribution in [0.2, 0.25) is 0 Å².